The predicted molar refractivity (Wildman–Crippen MR) is 103 cm³/mol. The fraction of sp³-hybridized carbons (Fsp3) is 0.550. The Hall–Kier alpha value is -2.61. The Morgan fingerprint density at radius 2 is 1.89 bits per heavy atom. The van der Waals surface area contributed by atoms with Gasteiger partial charge in [0.2, 0.25) is 5.91 Å². The van der Waals surface area contributed by atoms with Crippen LogP contribution in [0, 0.1) is 5.41 Å². The number of carbonyl (C=O) groups excluding carboxylic acids is 3. The third kappa shape index (κ3) is 5.45. The topological polar surface area (TPSA) is 111 Å². The van der Waals surface area contributed by atoms with Gasteiger partial charge in [-0.3, -0.25) is 4.79 Å². The molecule has 0 saturated carbocycles. The summed E-state index contributed by atoms with van der Waals surface area (Å²) in [5, 5.41) is 2.72. The van der Waals surface area contributed by atoms with Crippen LogP contribution in [0.1, 0.15) is 32.8 Å². The standard InChI is InChI=1S/C20H29N3O5/c1-20(2,3)16(21)17(24)23-11-14(10-15(23)18(25)27-4)22-19(26)28-12-13-8-6-5-7-9-13/h5-9,14-16H,10-12,21H2,1-4H3,(H,22,26)/t14-,15-,16+/m0/s1. The zero-order valence-electron chi connectivity index (χ0n) is 16.8. The van der Waals surface area contributed by atoms with Gasteiger partial charge in [-0.2, -0.15) is 0 Å². The van der Waals surface area contributed by atoms with Crippen LogP contribution in [0.2, 0.25) is 0 Å². The molecule has 1 saturated heterocycles. The van der Waals surface area contributed by atoms with Crippen molar-refractivity contribution < 1.29 is 23.9 Å². The molecular formula is C20H29N3O5. The SMILES string of the molecule is COC(=O)[C@@H]1C[C@H](NC(=O)OCc2ccccc2)CN1C(=O)[C@@H](N)C(C)(C)C. The smallest absolute Gasteiger partial charge is 0.407 e. The number of nitrogens with one attached hydrogen (secondary N) is 1. The summed E-state index contributed by atoms with van der Waals surface area (Å²) in [6.45, 7) is 5.88. The molecule has 8 heteroatoms. The molecule has 3 N–H and O–H groups in total. The molecular weight excluding hydrogens is 362 g/mol. The first kappa shape index (κ1) is 21.7. The number of rotatable bonds is 5. The normalized spacial score (nSPS) is 20.4. The van der Waals surface area contributed by atoms with Crippen molar-refractivity contribution in [3.8, 4) is 0 Å². The van der Waals surface area contributed by atoms with Gasteiger partial charge in [0.1, 0.15) is 12.6 Å². The van der Waals surface area contributed by atoms with E-state index in [0.29, 0.717) is 0 Å². The summed E-state index contributed by atoms with van der Waals surface area (Å²) in [6.07, 6.45) is -0.359. The lowest BCUT2D eigenvalue weighted by atomic mass is 9.86. The molecule has 1 aromatic carbocycles. The zero-order chi connectivity index (χ0) is 20.9. The molecule has 2 rings (SSSR count). The Morgan fingerprint density at radius 1 is 1.25 bits per heavy atom. The fourth-order valence-electron chi connectivity index (χ4n) is 3.02. The quantitative estimate of drug-likeness (QED) is 0.735. The minimum atomic E-state index is -0.787. The van der Waals surface area contributed by atoms with Gasteiger partial charge in [0.05, 0.1) is 19.2 Å². The number of alkyl carbamates (subject to hydrolysis) is 1. The minimum Gasteiger partial charge on any atom is -0.467 e. The lowest BCUT2D eigenvalue weighted by molar-refractivity contribution is -0.152. The van der Waals surface area contributed by atoms with Gasteiger partial charge < -0.3 is 25.4 Å². The van der Waals surface area contributed by atoms with Crippen LogP contribution in [0.5, 0.6) is 0 Å². The number of carbonyl (C=O) groups is 3. The molecule has 8 nitrogen and oxygen atoms in total. The van der Waals surface area contributed by atoms with Crippen LogP contribution in [0.4, 0.5) is 4.79 Å². The number of nitrogens with two attached hydrogens (primary N) is 1. The highest BCUT2D eigenvalue weighted by Crippen LogP contribution is 2.25. The first-order chi connectivity index (χ1) is 13.1. The molecule has 0 radical (unpaired) electrons. The van der Waals surface area contributed by atoms with Crippen LogP contribution in [0.15, 0.2) is 30.3 Å². The molecule has 1 aliphatic rings. The second-order valence-corrected chi connectivity index (χ2v) is 8.01. The van der Waals surface area contributed by atoms with Crippen molar-refractivity contribution in [3.05, 3.63) is 35.9 Å². The van der Waals surface area contributed by atoms with Crippen molar-refractivity contribution >= 4 is 18.0 Å². The summed E-state index contributed by atoms with van der Waals surface area (Å²) in [7, 11) is 1.27. The average Bonchev–Trinajstić information content (AvgIpc) is 3.08. The van der Waals surface area contributed by atoms with E-state index in [1.165, 1.54) is 12.0 Å². The van der Waals surface area contributed by atoms with Gasteiger partial charge in [-0.1, -0.05) is 51.1 Å². The monoisotopic (exact) mass is 391 g/mol. The van der Waals surface area contributed by atoms with Crippen molar-refractivity contribution in [1.29, 1.82) is 0 Å². The molecule has 0 spiro atoms. The minimum absolute atomic E-state index is 0.136. The maximum Gasteiger partial charge on any atom is 0.407 e. The van der Waals surface area contributed by atoms with Gasteiger partial charge >= 0.3 is 12.1 Å². The number of amides is 2. The van der Waals surface area contributed by atoms with E-state index >= 15 is 0 Å². The number of likely N-dealkylation sites (tertiary alicyclic amines) is 1. The molecule has 0 aromatic heterocycles. The van der Waals surface area contributed by atoms with E-state index in [2.05, 4.69) is 5.32 Å². The molecule has 1 heterocycles. The van der Waals surface area contributed by atoms with E-state index in [4.69, 9.17) is 15.2 Å². The predicted octanol–water partition coefficient (Wildman–Crippen LogP) is 1.43. The Morgan fingerprint density at radius 3 is 2.46 bits per heavy atom. The molecule has 2 amide bonds. The van der Waals surface area contributed by atoms with Crippen LogP contribution >= 0.6 is 0 Å². The van der Waals surface area contributed by atoms with E-state index in [1.807, 2.05) is 51.1 Å². The average molecular weight is 391 g/mol. The van der Waals surface area contributed by atoms with Crippen LogP contribution in [0.3, 0.4) is 0 Å². The summed E-state index contributed by atoms with van der Waals surface area (Å²) in [5.74, 6) is -0.874. The van der Waals surface area contributed by atoms with Crippen LogP contribution in [0.25, 0.3) is 0 Å². The highest BCUT2D eigenvalue weighted by Gasteiger charge is 2.44. The zero-order valence-corrected chi connectivity index (χ0v) is 16.8. The van der Waals surface area contributed by atoms with Crippen LogP contribution in [-0.4, -0.2) is 54.6 Å². The number of ether oxygens (including phenoxy) is 2. The van der Waals surface area contributed by atoms with Crippen molar-refractivity contribution in [2.45, 2.75) is 51.9 Å². The highest BCUT2D eigenvalue weighted by molar-refractivity contribution is 5.89. The lowest BCUT2D eigenvalue weighted by Crippen LogP contribution is -2.53. The summed E-state index contributed by atoms with van der Waals surface area (Å²) >= 11 is 0. The molecule has 0 aliphatic carbocycles. The number of hydrogen-bond donors (Lipinski definition) is 2. The molecule has 154 valence electrons. The first-order valence-electron chi connectivity index (χ1n) is 9.24. The van der Waals surface area contributed by atoms with Gasteiger partial charge in [-0.05, 0) is 11.0 Å². The third-order valence-corrected chi connectivity index (χ3v) is 4.79. The summed E-state index contributed by atoms with van der Waals surface area (Å²) in [6, 6.07) is 7.31. The first-order valence-corrected chi connectivity index (χ1v) is 9.24. The summed E-state index contributed by atoms with van der Waals surface area (Å²) < 4.78 is 10.0. The second kappa shape index (κ2) is 9.05. The van der Waals surface area contributed by atoms with Crippen molar-refractivity contribution in [2.24, 2.45) is 11.1 Å². The third-order valence-electron chi connectivity index (χ3n) is 4.79. The molecule has 3 atom stereocenters. The maximum atomic E-state index is 12.8. The Kier molecular flexibility index (Phi) is 7.01. The van der Waals surface area contributed by atoms with E-state index in [9.17, 15) is 14.4 Å². The Labute approximate surface area is 165 Å². The van der Waals surface area contributed by atoms with Crippen molar-refractivity contribution in [2.75, 3.05) is 13.7 Å². The number of esters is 1. The van der Waals surface area contributed by atoms with Gasteiger partial charge in [-0.25, -0.2) is 9.59 Å². The molecule has 1 aromatic rings. The largest absolute Gasteiger partial charge is 0.467 e. The molecule has 0 unspecified atom stereocenters. The van der Waals surface area contributed by atoms with Gasteiger partial charge in [0.25, 0.3) is 0 Å². The number of benzene rings is 1. The number of methoxy groups -OCH3 is 1. The Balaban J connectivity index is 1.99. The molecule has 0 bridgehead atoms. The van der Waals surface area contributed by atoms with E-state index in [1.54, 1.807) is 0 Å². The van der Waals surface area contributed by atoms with E-state index in [-0.39, 0.29) is 25.5 Å². The van der Waals surface area contributed by atoms with Gasteiger partial charge in [0.15, 0.2) is 0 Å². The van der Waals surface area contributed by atoms with Crippen LogP contribution < -0.4 is 11.1 Å². The van der Waals surface area contributed by atoms with E-state index in [0.717, 1.165) is 5.56 Å². The van der Waals surface area contributed by atoms with Crippen LogP contribution in [-0.2, 0) is 25.7 Å². The summed E-state index contributed by atoms with van der Waals surface area (Å²) in [4.78, 5) is 38.5. The molecule has 1 fully saturated rings. The molecule has 1 aliphatic heterocycles. The fourth-order valence-corrected chi connectivity index (χ4v) is 3.02. The second-order valence-electron chi connectivity index (χ2n) is 8.01. The summed E-state index contributed by atoms with van der Waals surface area (Å²) in [5.41, 5.74) is 6.49. The molecule has 28 heavy (non-hydrogen) atoms. The lowest BCUT2D eigenvalue weighted by Gasteiger charge is -2.32. The van der Waals surface area contributed by atoms with Crippen molar-refractivity contribution in [1.82, 2.24) is 10.2 Å². The van der Waals surface area contributed by atoms with Crippen molar-refractivity contribution in [3.63, 3.8) is 0 Å². The van der Waals surface area contributed by atoms with Gasteiger partial charge in [0, 0.05) is 13.0 Å². The maximum absolute atomic E-state index is 12.8. The number of nitrogens with zero attached hydrogens (tertiary/aromatic N) is 1. The highest BCUT2D eigenvalue weighted by atomic mass is 16.5. The number of hydrogen-bond acceptors (Lipinski definition) is 6. The Bertz CT molecular complexity index is 702. The van der Waals surface area contributed by atoms with E-state index < -0.39 is 35.6 Å². The van der Waals surface area contributed by atoms with Gasteiger partial charge in [-0.15, -0.1) is 0 Å².